The maximum Gasteiger partial charge on any atom is 0.267 e. The van der Waals surface area contributed by atoms with Gasteiger partial charge in [-0.15, -0.1) is 0 Å². The third-order valence-corrected chi connectivity index (χ3v) is 5.18. The van der Waals surface area contributed by atoms with Crippen LogP contribution in [-0.2, 0) is 11.3 Å². The summed E-state index contributed by atoms with van der Waals surface area (Å²) in [6.45, 7) is -0.236. The molecule has 3 aromatic carbocycles. The molecule has 0 spiro atoms. The lowest BCUT2D eigenvalue weighted by Gasteiger charge is -2.14. The van der Waals surface area contributed by atoms with Crippen molar-refractivity contribution in [2.24, 2.45) is 0 Å². The molecule has 1 N–H and O–H groups in total. The highest BCUT2D eigenvalue weighted by Crippen LogP contribution is 2.40. The van der Waals surface area contributed by atoms with E-state index >= 15 is 0 Å². The molecule has 0 aliphatic rings. The number of hydrogen-bond acceptors (Lipinski definition) is 6. The minimum Gasteiger partial charge on any atom is -0.493 e. The fourth-order valence-electron chi connectivity index (χ4n) is 3.61. The van der Waals surface area contributed by atoms with Crippen LogP contribution in [0.15, 0.2) is 71.5 Å². The Labute approximate surface area is 190 Å². The number of hydrogen-bond donors (Lipinski definition) is 1. The van der Waals surface area contributed by atoms with Crippen molar-refractivity contribution >= 4 is 22.4 Å². The van der Waals surface area contributed by atoms with Crippen LogP contribution < -0.4 is 25.1 Å². The number of ether oxygens (including phenoxy) is 3. The van der Waals surface area contributed by atoms with E-state index in [4.69, 9.17) is 14.2 Å². The summed E-state index contributed by atoms with van der Waals surface area (Å²) in [5.74, 6) is 1.01. The second kappa shape index (κ2) is 9.44. The quantitative estimate of drug-likeness (QED) is 0.466. The molecule has 0 saturated heterocycles. The van der Waals surface area contributed by atoms with Crippen LogP contribution in [0.1, 0.15) is 0 Å². The molecule has 0 aliphatic carbocycles. The van der Waals surface area contributed by atoms with Gasteiger partial charge in [-0.2, -0.15) is 5.10 Å². The fraction of sp³-hybridized carbons (Fsp3) is 0.160. The van der Waals surface area contributed by atoms with E-state index in [9.17, 15) is 9.59 Å². The monoisotopic (exact) mass is 445 g/mol. The number of methoxy groups -OCH3 is 3. The second-order valence-electron chi connectivity index (χ2n) is 7.20. The zero-order chi connectivity index (χ0) is 23.4. The molecule has 4 rings (SSSR count). The van der Waals surface area contributed by atoms with Gasteiger partial charge in [0.15, 0.2) is 11.5 Å². The first kappa shape index (κ1) is 21.9. The number of aromatic nitrogens is 2. The first-order valence-corrected chi connectivity index (χ1v) is 10.2. The van der Waals surface area contributed by atoms with E-state index in [-0.39, 0.29) is 18.0 Å². The maximum atomic E-state index is 12.7. The number of rotatable bonds is 7. The van der Waals surface area contributed by atoms with Crippen molar-refractivity contribution in [1.29, 1.82) is 0 Å². The van der Waals surface area contributed by atoms with Crippen molar-refractivity contribution in [3.05, 3.63) is 77.1 Å². The lowest BCUT2D eigenvalue weighted by molar-refractivity contribution is -0.117. The third kappa shape index (κ3) is 4.50. The smallest absolute Gasteiger partial charge is 0.267 e. The molecule has 1 amide bonds. The van der Waals surface area contributed by atoms with Gasteiger partial charge in [0.1, 0.15) is 6.54 Å². The zero-order valence-corrected chi connectivity index (χ0v) is 18.5. The van der Waals surface area contributed by atoms with Gasteiger partial charge in [0.25, 0.3) is 5.56 Å². The second-order valence-corrected chi connectivity index (χ2v) is 7.20. The molecule has 8 nitrogen and oxygen atoms in total. The van der Waals surface area contributed by atoms with Crippen LogP contribution in [0.3, 0.4) is 0 Å². The van der Waals surface area contributed by atoms with E-state index < -0.39 is 0 Å². The van der Waals surface area contributed by atoms with Gasteiger partial charge < -0.3 is 19.5 Å². The molecule has 0 unspecified atom stereocenters. The summed E-state index contributed by atoms with van der Waals surface area (Å²) in [7, 11) is 4.56. The van der Waals surface area contributed by atoms with Gasteiger partial charge in [0.2, 0.25) is 11.7 Å². The molecule has 168 valence electrons. The number of fused-ring (bicyclic) bond motifs is 1. The molecule has 0 saturated carbocycles. The van der Waals surface area contributed by atoms with Crippen LogP contribution in [0.5, 0.6) is 17.2 Å². The molecule has 0 atom stereocenters. The summed E-state index contributed by atoms with van der Waals surface area (Å²) in [6, 6.07) is 19.8. The van der Waals surface area contributed by atoms with Crippen molar-refractivity contribution in [3.8, 4) is 28.5 Å². The lowest BCUT2D eigenvalue weighted by Crippen LogP contribution is -2.29. The summed E-state index contributed by atoms with van der Waals surface area (Å²) in [4.78, 5) is 25.1. The van der Waals surface area contributed by atoms with Crippen LogP contribution in [0.25, 0.3) is 22.0 Å². The van der Waals surface area contributed by atoms with Crippen molar-refractivity contribution in [2.75, 3.05) is 26.6 Å². The average molecular weight is 445 g/mol. The number of nitrogens with zero attached hydrogens (tertiary/aromatic N) is 2. The molecule has 1 aromatic heterocycles. The van der Waals surface area contributed by atoms with Gasteiger partial charge in [-0.1, -0.05) is 36.4 Å². The predicted molar refractivity (Wildman–Crippen MR) is 126 cm³/mol. The Balaban J connectivity index is 1.63. The van der Waals surface area contributed by atoms with Crippen LogP contribution in [-0.4, -0.2) is 37.0 Å². The fourth-order valence-corrected chi connectivity index (χ4v) is 3.61. The van der Waals surface area contributed by atoms with Gasteiger partial charge >= 0.3 is 0 Å². The van der Waals surface area contributed by atoms with Crippen molar-refractivity contribution in [3.63, 3.8) is 0 Å². The minimum absolute atomic E-state index is 0.236. The summed E-state index contributed by atoms with van der Waals surface area (Å²) >= 11 is 0. The molecule has 1 heterocycles. The summed E-state index contributed by atoms with van der Waals surface area (Å²) in [5, 5.41) is 9.19. The molecule has 0 aliphatic heterocycles. The highest BCUT2D eigenvalue weighted by Gasteiger charge is 2.16. The van der Waals surface area contributed by atoms with Gasteiger partial charge in [-0.05, 0) is 29.7 Å². The predicted octanol–water partition coefficient (Wildman–Crippen LogP) is 3.73. The van der Waals surface area contributed by atoms with Gasteiger partial charge in [-0.25, -0.2) is 4.68 Å². The number of nitrogens with one attached hydrogen (secondary N) is 1. The Bertz CT molecular complexity index is 1350. The summed E-state index contributed by atoms with van der Waals surface area (Å²) < 4.78 is 17.3. The SMILES string of the molecule is COc1cc(-c2ccc(=O)n(CC(=O)Nc3cccc4ccccc34)n2)cc(OC)c1OC. The largest absolute Gasteiger partial charge is 0.493 e. The van der Waals surface area contributed by atoms with E-state index in [0.717, 1.165) is 15.5 Å². The molecule has 33 heavy (non-hydrogen) atoms. The number of benzene rings is 3. The van der Waals surface area contributed by atoms with Crippen molar-refractivity contribution in [1.82, 2.24) is 9.78 Å². The highest BCUT2D eigenvalue weighted by atomic mass is 16.5. The summed E-state index contributed by atoms with van der Waals surface area (Å²) in [5.41, 5.74) is 1.41. The van der Waals surface area contributed by atoms with E-state index in [2.05, 4.69) is 10.4 Å². The van der Waals surface area contributed by atoms with Gasteiger partial charge in [0, 0.05) is 22.7 Å². The Morgan fingerprint density at radius 2 is 1.61 bits per heavy atom. The van der Waals surface area contributed by atoms with Crippen LogP contribution in [0, 0.1) is 0 Å². The molecule has 4 aromatic rings. The summed E-state index contributed by atoms with van der Waals surface area (Å²) in [6.07, 6.45) is 0. The Morgan fingerprint density at radius 1 is 0.909 bits per heavy atom. The molecule has 0 bridgehead atoms. The van der Waals surface area contributed by atoms with E-state index in [1.807, 2.05) is 42.5 Å². The third-order valence-electron chi connectivity index (χ3n) is 5.18. The molecular formula is C25H23N3O5. The number of carbonyl (C=O) groups is 1. The Hall–Kier alpha value is -4.33. The van der Waals surface area contributed by atoms with E-state index in [1.165, 1.54) is 27.4 Å². The number of amides is 1. The Kier molecular flexibility index (Phi) is 6.26. The average Bonchev–Trinajstić information content (AvgIpc) is 2.84. The molecule has 8 heteroatoms. The standard InChI is InChI=1S/C25H23N3O5/c1-31-21-13-17(14-22(32-2)25(21)33-3)19-11-12-24(30)28(27-19)15-23(29)26-20-10-6-8-16-7-4-5-9-18(16)20/h4-14H,15H2,1-3H3,(H,26,29). The van der Waals surface area contributed by atoms with Crippen molar-refractivity contribution < 1.29 is 19.0 Å². The maximum absolute atomic E-state index is 12.7. The minimum atomic E-state index is -0.390. The van der Waals surface area contributed by atoms with Crippen LogP contribution in [0.2, 0.25) is 0 Å². The molecular weight excluding hydrogens is 422 g/mol. The van der Waals surface area contributed by atoms with Crippen molar-refractivity contribution in [2.45, 2.75) is 6.54 Å². The lowest BCUT2D eigenvalue weighted by atomic mass is 10.1. The zero-order valence-electron chi connectivity index (χ0n) is 18.5. The van der Waals surface area contributed by atoms with E-state index in [1.54, 1.807) is 18.2 Å². The topological polar surface area (TPSA) is 91.7 Å². The van der Waals surface area contributed by atoms with Gasteiger partial charge in [-0.3, -0.25) is 9.59 Å². The van der Waals surface area contributed by atoms with Crippen LogP contribution >= 0.6 is 0 Å². The normalized spacial score (nSPS) is 10.6. The van der Waals surface area contributed by atoms with E-state index in [0.29, 0.717) is 34.2 Å². The number of carbonyl (C=O) groups excluding carboxylic acids is 1. The Morgan fingerprint density at radius 3 is 2.30 bits per heavy atom. The van der Waals surface area contributed by atoms with Crippen LogP contribution in [0.4, 0.5) is 5.69 Å². The first-order valence-electron chi connectivity index (χ1n) is 10.2. The molecule has 0 fully saturated rings. The highest BCUT2D eigenvalue weighted by molar-refractivity contribution is 6.02. The number of anilines is 1. The van der Waals surface area contributed by atoms with Gasteiger partial charge in [0.05, 0.1) is 27.0 Å². The molecule has 0 radical (unpaired) electrons. The first-order chi connectivity index (χ1) is 16.0.